The fourth-order valence-corrected chi connectivity index (χ4v) is 4.93. The molecule has 30 heavy (non-hydrogen) atoms. The monoisotopic (exact) mass is 438 g/mol. The fourth-order valence-electron chi connectivity index (χ4n) is 3.11. The quantitative estimate of drug-likeness (QED) is 0.669. The highest BCUT2D eigenvalue weighted by molar-refractivity contribution is 7.89. The third kappa shape index (κ3) is 5.52. The van der Waals surface area contributed by atoms with Crippen LogP contribution < -0.4 is 4.74 Å². The lowest BCUT2D eigenvalue weighted by Crippen LogP contribution is -2.50. The van der Waals surface area contributed by atoms with Crippen molar-refractivity contribution in [2.24, 2.45) is 5.92 Å². The van der Waals surface area contributed by atoms with Gasteiger partial charge in [0.15, 0.2) is 0 Å². The number of likely N-dealkylation sites (N-methyl/N-ethyl adjacent to an activating group) is 1. The summed E-state index contributed by atoms with van der Waals surface area (Å²) in [5, 5.41) is 19.0. The van der Waals surface area contributed by atoms with Crippen LogP contribution in [-0.2, 0) is 14.8 Å². The smallest absolute Gasteiger partial charge is 0.247 e. The standard InChI is InChI=1S/C21H30N2O6S/c1-14-11-23(15(2)13-24)30(27,28)21-9-8-18(7-6-16(3)25)10-19(21)29-20(14)12-22(5)17(4)26/h8-10,14-16,20,24-25H,11-13H2,1-5H3/t14-,15-,16-,20-/m0/s1. The number of sulfonamides is 1. The van der Waals surface area contributed by atoms with E-state index in [1.54, 1.807) is 20.0 Å². The number of aliphatic hydroxyl groups is 2. The molecule has 9 heteroatoms. The Morgan fingerprint density at radius 2 is 2.07 bits per heavy atom. The number of hydrogen-bond acceptors (Lipinski definition) is 6. The first-order valence-corrected chi connectivity index (χ1v) is 11.3. The summed E-state index contributed by atoms with van der Waals surface area (Å²) in [4.78, 5) is 13.2. The molecule has 0 aliphatic carbocycles. The Labute approximate surface area is 178 Å². The van der Waals surface area contributed by atoms with E-state index in [2.05, 4.69) is 11.8 Å². The normalized spacial score (nSPS) is 22.9. The van der Waals surface area contributed by atoms with Crippen LogP contribution in [0.1, 0.15) is 33.3 Å². The first-order valence-electron chi connectivity index (χ1n) is 9.82. The molecular weight excluding hydrogens is 408 g/mol. The van der Waals surface area contributed by atoms with Crippen LogP contribution in [0.4, 0.5) is 0 Å². The van der Waals surface area contributed by atoms with E-state index in [0.717, 1.165) is 0 Å². The Hall–Kier alpha value is -2.12. The summed E-state index contributed by atoms with van der Waals surface area (Å²) in [6.45, 7) is 6.59. The van der Waals surface area contributed by atoms with E-state index in [4.69, 9.17) is 4.74 Å². The average Bonchev–Trinajstić information content (AvgIpc) is 2.68. The Morgan fingerprint density at radius 1 is 1.40 bits per heavy atom. The minimum Gasteiger partial charge on any atom is -0.487 e. The predicted molar refractivity (Wildman–Crippen MR) is 112 cm³/mol. The van der Waals surface area contributed by atoms with Gasteiger partial charge in [0.05, 0.1) is 13.2 Å². The lowest BCUT2D eigenvalue weighted by atomic mass is 10.0. The van der Waals surface area contributed by atoms with E-state index in [-0.39, 0.29) is 42.2 Å². The highest BCUT2D eigenvalue weighted by Crippen LogP contribution is 2.34. The number of nitrogens with zero attached hydrogens (tertiary/aromatic N) is 2. The maximum Gasteiger partial charge on any atom is 0.247 e. The van der Waals surface area contributed by atoms with Crippen molar-refractivity contribution in [1.82, 2.24) is 9.21 Å². The van der Waals surface area contributed by atoms with Gasteiger partial charge in [-0.15, -0.1) is 0 Å². The SMILES string of the molecule is CC(=O)N(C)C[C@@H]1Oc2cc(C#C[C@H](C)O)ccc2S(=O)(=O)N([C@@H](C)CO)C[C@@H]1C. The summed E-state index contributed by atoms with van der Waals surface area (Å²) in [7, 11) is -2.27. The molecule has 0 fully saturated rings. The molecule has 166 valence electrons. The molecular formula is C21H30N2O6S. The number of carbonyl (C=O) groups is 1. The molecule has 1 amide bonds. The molecule has 1 aromatic carbocycles. The largest absolute Gasteiger partial charge is 0.487 e. The maximum absolute atomic E-state index is 13.3. The van der Waals surface area contributed by atoms with Crippen molar-refractivity contribution in [3.8, 4) is 17.6 Å². The van der Waals surface area contributed by atoms with Crippen LogP contribution in [0.25, 0.3) is 0 Å². The summed E-state index contributed by atoms with van der Waals surface area (Å²) in [6, 6.07) is 3.89. The van der Waals surface area contributed by atoms with Crippen molar-refractivity contribution in [1.29, 1.82) is 0 Å². The van der Waals surface area contributed by atoms with E-state index in [1.165, 1.54) is 35.2 Å². The second-order valence-corrected chi connectivity index (χ2v) is 9.61. The molecule has 1 aromatic rings. The second kappa shape index (κ2) is 9.79. The Kier molecular flexibility index (Phi) is 7.88. The van der Waals surface area contributed by atoms with Gasteiger partial charge in [0.2, 0.25) is 15.9 Å². The Bertz CT molecular complexity index is 935. The van der Waals surface area contributed by atoms with Crippen molar-refractivity contribution in [2.45, 2.75) is 50.8 Å². The van der Waals surface area contributed by atoms with Crippen molar-refractivity contribution >= 4 is 15.9 Å². The first kappa shape index (κ1) is 24.2. The van der Waals surface area contributed by atoms with Gasteiger partial charge in [0.1, 0.15) is 22.9 Å². The molecule has 8 nitrogen and oxygen atoms in total. The molecule has 0 saturated heterocycles. The predicted octanol–water partition coefficient (Wildman–Crippen LogP) is 0.666. The van der Waals surface area contributed by atoms with Gasteiger partial charge in [-0.25, -0.2) is 8.42 Å². The van der Waals surface area contributed by atoms with E-state index < -0.39 is 28.3 Å². The fraction of sp³-hybridized carbons (Fsp3) is 0.571. The van der Waals surface area contributed by atoms with E-state index in [9.17, 15) is 23.4 Å². The zero-order chi connectivity index (χ0) is 22.6. The number of fused-ring (bicyclic) bond motifs is 1. The summed E-state index contributed by atoms with van der Waals surface area (Å²) in [5.74, 6) is 5.17. The van der Waals surface area contributed by atoms with Crippen LogP contribution in [0.15, 0.2) is 23.1 Å². The number of ether oxygens (including phenoxy) is 1. The third-order valence-corrected chi connectivity index (χ3v) is 7.10. The van der Waals surface area contributed by atoms with Crippen molar-refractivity contribution in [3.05, 3.63) is 23.8 Å². The summed E-state index contributed by atoms with van der Waals surface area (Å²) >= 11 is 0. The van der Waals surface area contributed by atoms with Crippen LogP contribution in [0, 0.1) is 17.8 Å². The van der Waals surface area contributed by atoms with Gasteiger partial charge >= 0.3 is 0 Å². The molecule has 4 atom stereocenters. The van der Waals surface area contributed by atoms with Gasteiger partial charge in [-0.3, -0.25) is 4.79 Å². The number of amides is 1. The summed E-state index contributed by atoms with van der Waals surface area (Å²) in [5.41, 5.74) is 0.499. The van der Waals surface area contributed by atoms with Crippen LogP contribution in [-0.4, -0.2) is 78.7 Å². The lowest BCUT2D eigenvalue weighted by molar-refractivity contribution is -0.129. The molecule has 0 saturated carbocycles. The molecule has 1 aliphatic heterocycles. The molecule has 0 radical (unpaired) electrons. The zero-order valence-corrected chi connectivity index (χ0v) is 18.8. The summed E-state index contributed by atoms with van der Waals surface area (Å²) < 4.78 is 34.1. The van der Waals surface area contributed by atoms with E-state index in [0.29, 0.717) is 5.56 Å². The molecule has 1 heterocycles. The topological polar surface area (TPSA) is 107 Å². The number of hydrogen-bond donors (Lipinski definition) is 2. The zero-order valence-electron chi connectivity index (χ0n) is 18.0. The van der Waals surface area contributed by atoms with Gasteiger partial charge in [-0.05, 0) is 32.0 Å². The Morgan fingerprint density at radius 3 is 2.63 bits per heavy atom. The highest BCUT2D eigenvalue weighted by atomic mass is 32.2. The number of benzene rings is 1. The molecule has 2 N–H and O–H groups in total. The minimum atomic E-state index is -3.93. The van der Waals surface area contributed by atoms with Crippen LogP contribution in [0.2, 0.25) is 0 Å². The first-order chi connectivity index (χ1) is 14.0. The van der Waals surface area contributed by atoms with Crippen LogP contribution >= 0.6 is 0 Å². The lowest BCUT2D eigenvalue weighted by Gasteiger charge is -2.37. The molecule has 0 unspecified atom stereocenters. The molecule has 1 aliphatic rings. The van der Waals surface area contributed by atoms with Crippen molar-refractivity contribution in [3.63, 3.8) is 0 Å². The van der Waals surface area contributed by atoms with Crippen molar-refractivity contribution in [2.75, 3.05) is 26.7 Å². The molecule has 2 rings (SSSR count). The third-order valence-electron chi connectivity index (χ3n) is 5.08. The molecule has 0 spiro atoms. The highest BCUT2D eigenvalue weighted by Gasteiger charge is 2.38. The van der Waals surface area contributed by atoms with Gasteiger partial charge in [0, 0.05) is 38.0 Å². The van der Waals surface area contributed by atoms with Gasteiger partial charge < -0.3 is 19.8 Å². The summed E-state index contributed by atoms with van der Waals surface area (Å²) in [6.07, 6.45) is -1.30. The number of aliphatic hydroxyl groups excluding tert-OH is 2. The Balaban J connectivity index is 2.60. The van der Waals surface area contributed by atoms with Gasteiger partial charge in [-0.1, -0.05) is 18.8 Å². The second-order valence-electron chi connectivity index (χ2n) is 7.75. The average molecular weight is 439 g/mol. The minimum absolute atomic E-state index is 0.0206. The molecule has 0 aromatic heterocycles. The van der Waals surface area contributed by atoms with Crippen LogP contribution in [0.5, 0.6) is 5.75 Å². The van der Waals surface area contributed by atoms with Crippen molar-refractivity contribution < 1.29 is 28.2 Å². The van der Waals surface area contributed by atoms with Gasteiger partial charge in [-0.2, -0.15) is 4.31 Å². The van der Waals surface area contributed by atoms with Gasteiger partial charge in [0.25, 0.3) is 0 Å². The van der Waals surface area contributed by atoms with Crippen LogP contribution in [0.3, 0.4) is 0 Å². The number of rotatable bonds is 4. The molecule has 0 bridgehead atoms. The maximum atomic E-state index is 13.3. The van der Waals surface area contributed by atoms with E-state index >= 15 is 0 Å². The van der Waals surface area contributed by atoms with E-state index in [1.807, 2.05) is 6.92 Å². The number of carbonyl (C=O) groups excluding carboxylic acids is 1.